The van der Waals surface area contributed by atoms with Gasteiger partial charge < -0.3 is 15.0 Å². The van der Waals surface area contributed by atoms with E-state index in [9.17, 15) is 14.9 Å². The number of pyridine rings is 1. The molecular formula is C25H22N4O3S. The lowest BCUT2D eigenvalue weighted by Gasteiger charge is -2.26. The fraction of sp³-hybridized carbons (Fsp3) is 0.200. The minimum atomic E-state index is -0.389. The molecule has 166 valence electrons. The summed E-state index contributed by atoms with van der Waals surface area (Å²) in [7, 11) is 0. The Labute approximate surface area is 195 Å². The summed E-state index contributed by atoms with van der Waals surface area (Å²) in [5.74, 6) is -0.306. The number of ether oxygens (including phenoxy) is 1. The summed E-state index contributed by atoms with van der Waals surface area (Å²) in [6, 6.07) is 17.3. The van der Waals surface area contributed by atoms with E-state index >= 15 is 0 Å². The molecule has 2 aromatic heterocycles. The molecule has 0 saturated carbocycles. The number of thiophene rings is 1. The van der Waals surface area contributed by atoms with Gasteiger partial charge in [0.05, 0.1) is 18.7 Å². The molecule has 1 N–H and O–H groups in total. The number of nitrogens with zero attached hydrogens (tertiary/aromatic N) is 3. The van der Waals surface area contributed by atoms with E-state index in [2.05, 4.69) is 16.4 Å². The molecule has 0 spiro atoms. The van der Waals surface area contributed by atoms with Gasteiger partial charge in [0.15, 0.2) is 0 Å². The summed E-state index contributed by atoms with van der Waals surface area (Å²) in [6.45, 7) is 1.07. The summed E-state index contributed by atoms with van der Waals surface area (Å²) in [4.78, 5) is 31.6. The van der Waals surface area contributed by atoms with Gasteiger partial charge in [-0.3, -0.25) is 9.78 Å². The third kappa shape index (κ3) is 5.64. The zero-order valence-corrected chi connectivity index (χ0v) is 18.7. The number of hydrogen-bond acceptors (Lipinski definition) is 6. The summed E-state index contributed by atoms with van der Waals surface area (Å²) in [6.07, 6.45) is 5.58. The molecule has 0 atom stereocenters. The second-order valence-corrected chi connectivity index (χ2v) is 8.52. The van der Waals surface area contributed by atoms with Crippen LogP contribution in [0.5, 0.6) is 0 Å². The Kier molecular flexibility index (Phi) is 7.12. The van der Waals surface area contributed by atoms with E-state index in [1.54, 1.807) is 17.2 Å². The lowest BCUT2D eigenvalue weighted by atomic mass is 10.0. The highest BCUT2D eigenvalue weighted by molar-refractivity contribution is 7.16. The van der Waals surface area contributed by atoms with Crippen LogP contribution in [0.25, 0.3) is 6.08 Å². The second kappa shape index (κ2) is 10.6. The topological polar surface area (TPSA) is 95.3 Å². The highest BCUT2D eigenvalue weighted by atomic mass is 32.1. The smallest absolute Gasteiger partial charge is 0.410 e. The fourth-order valence-corrected chi connectivity index (χ4v) is 4.75. The molecule has 2 amide bonds. The first-order chi connectivity index (χ1) is 16.1. The van der Waals surface area contributed by atoms with Crippen molar-refractivity contribution in [3.8, 4) is 6.07 Å². The Bertz CT molecular complexity index is 1200. The largest absolute Gasteiger partial charge is 0.449 e. The average molecular weight is 459 g/mol. The van der Waals surface area contributed by atoms with Gasteiger partial charge in [-0.2, -0.15) is 5.26 Å². The Morgan fingerprint density at radius 1 is 1.21 bits per heavy atom. The van der Waals surface area contributed by atoms with E-state index in [4.69, 9.17) is 4.74 Å². The number of nitrogens with one attached hydrogen (secondary N) is 1. The van der Waals surface area contributed by atoms with Crippen molar-refractivity contribution in [2.75, 3.05) is 18.5 Å². The molecule has 3 aromatic rings. The quantitative estimate of drug-likeness (QED) is 0.552. The predicted molar refractivity (Wildman–Crippen MR) is 127 cm³/mol. The molecule has 3 heterocycles. The monoisotopic (exact) mass is 458 g/mol. The fourth-order valence-electron chi connectivity index (χ4n) is 3.54. The summed E-state index contributed by atoms with van der Waals surface area (Å²) in [5.41, 5.74) is 3.14. The van der Waals surface area contributed by atoms with Crippen LogP contribution in [0.4, 0.5) is 9.80 Å². The van der Waals surface area contributed by atoms with Gasteiger partial charge in [-0.15, -0.1) is 11.3 Å². The molecule has 0 aliphatic carbocycles. The van der Waals surface area contributed by atoms with Gasteiger partial charge in [0.1, 0.15) is 11.1 Å². The number of amides is 2. The lowest BCUT2D eigenvalue weighted by Crippen LogP contribution is -2.36. The highest BCUT2D eigenvalue weighted by Gasteiger charge is 2.28. The van der Waals surface area contributed by atoms with Crippen molar-refractivity contribution >= 4 is 34.4 Å². The molecule has 4 rings (SSSR count). The normalized spacial score (nSPS) is 12.8. The first kappa shape index (κ1) is 22.2. The van der Waals surface area contributed by atoms with Crippen LogP contribution in [0.3, 0.4) is 0 Å². The molecule has 0 bridgehead atoms. The molecule has 1 aliphatic heterocycles. The summed E-state index contributed by atoms with van der Waals surface area (Å²) < 4.78 is 5.41. The molecule has 7 nitrogen and oxygen atoms in total. The number of carbonyl (C=O) groups is 2. The van der Waals surface area contributed by atoms with E-state index in [1.165, 1.54) is 17.4 Å². The van der Waals surface area contributed by atoms with Gasteiger partial charge in [-0.1, -0.05) is 36.4 Å². The van der Waals surface area contributed by atoms with E-state index in [-0.39, 0.29) is 18.6 Å². The summed E-state index contributed by atoms with van der Waals surface area (Å²) >= 11 is 1.33. The zero-order chi connectivity index (χ0) is 23.0. The van der Waals surface area contributed by atoms with E-state index in [0.717, 1.165) is 21.7 Å². The van der Waals surface area contributed by atoms with Crippen molar-refractivity contribution < 1.29 is 14.3 Å². The molecule has 0 saturated heterocycles. The highest BCUT2D eigenvalue weighted by Crippen LogP contribution is 2.36. The van der Waals surface area contributed by atoms with Gasteiger partial charge >= 0.3 is 6.09 Å². The van der Waals surface area contributed by atoms with Crippen LogP contribution in [-0.4, -0.2) is 35.0 Å². The molecule has 0 radical (unpaired) electrons. The van der Waals surface area contributed by atoms with Crippen LogP contribution in [0.1, 0.15) is 27.3 Å². The number of hydrogen-bond donors (Lipinski definition) is 1. The number of nitriles is 1. The number of anilines is 1. The van der Waals surface area contributed by atoms with E-state index in [1.807, 2.05) is 48.5 Å². The zero-order valence-electron chi connectivity index (χ0n) is 17.9. The van der Waals surface area contributed by atoms with E-state index in [0.29, 0.717) is 36.5 Å². The average Bonchev–Trinajstić information content (AvgIpc) is 3.20. The predicted octanol–water partition coefficient (Wildman–Crippen LogP) is 4.40. The molecule has 1 aliphatic rings. The van der Waals surface area contributed by atoms with Crippen molar-refractivity contribution in [1.29, 1.82) is 5.26 Å². The summed E-state index contributed by atoms with van der Waals surface area (Å²) in [5, 5.41) is 13.0. The Morgan fingerprint density at radius 2 is 2.03 bits per heavy atom. The van der Waals surface area contributed by atoms with Crippen LogP contribution >= 0.6 is 11.3 Å². The third-order valence-corrected chi connectivity index (χ3v) is 6.33. The SMILES string of the molecule is N#Cc1c(NC(=O)/C=C/c2ccccc2)sc2c1CCN(C(=O)OCCc1ccccn1)C2. The van der Waals surface area contributed by atoms with Crippen LogP contribution in [0.2, 0.25) is 0 Å². The van der Waals surface area contributed by atoms with Crippen LogP contribution in [0, 0.1) is 11.3 Å². The van der Waals surface area contributed by atoms with Crippen molar-refractivity contribution in [3.05, 3.63) is 88.1 Å². The maximum absolute atomic E-state index is 12.5. The van der Waals surface area contributed by atoms with Crippen molar-refractivity contribution in [3.63, 3.8) is 0 Å². The molecule has 0 unspecified atom stereocenters. The molecule has 1 aromatic carbocycles. The maximum atomic E-state index is 12.5. The minimum absolute atomic E-state index is 0.252. The third-order valence-electron chi connectivity index (χ3n) is 5.20. The van der Waals surface area contributed by atoms with Crippen LogP contribution in [0.15, 0.2) is 60.8 Å². The molecule has 33 heavy (non-hydrogen) atoms. The van der Waals surface area contributed by atoms with Crippen molar-refractivity contribution in [2.24, 2.45) is 0 Å². The molecule has 0 fully saturated rings. The van der Waals surface area contributed by atoms with Gasteiger partial charge in [-0.25, -0.2) is 4.79 Å². The Balaban J connectivity index is 1.37. The Hall–Kier alpha value is -3.96. The van der Waals surface area contributed by atoms with Gasteiger partial charge in [-0.05, 0) is 35.8 Å². The van der Waals surface area contributed by atoms with Crippen molar-refractivity contribution in [1.82, 2.24) is 9.88 Å². The van der Waals surface area contributed by atoms with Crippen molar-refractivity contribution in [2.45, 2.75) is 19.4 Å². The van der Waals surface area contributed by atoms with Gasteiger partial charge in [0.25, 0.3) is 0 Å². The van der Waals surface area contributed by atoms with E-state index < -0.39 is 0 Å². The standard InChI is InChI=1S/C25H22N4O3S/c26-16-21-20-11-14-29(25(31)32-15-12-19-8-4-5-13-27-19)17-22(20)33-24(21)28-23(30)10-9-18-6-2-1-3-7-18/h1-10,13H,11-12,14-15,17H2,(H,28,30)/b10-9+. The minimum Gasteiger partial charge on any atom is -0.449 e. The first-order valence-corrected chi connectivity index (χ1v) is 11.4. The van der Waals surface area contributed by atoms with Gasteiger partial charge in [0.2, 0.25) is 5.91 Å². The van der Waals surface area contributed by atoms with Crippen LogP contribution in [-0.2, 0) is 28.9 Å². The first-order valence-electron chi connectivity index (χ1n) is 10.5. The maximum Gasteiger partial charge on any atom is 0.410 e. The number of benzene rings is 1. The number of fused-ring (bicyclic) bond motifs is 1. The second-order valence-electron chi connectivity index (χ2n) is 7.41. The number of carbonyl (C=O) groups excluding carboxylic acids is 2. The molecular weight excluding hydrogens is 436 g/mol. The number of rotatable bonds is 6. The van der Waals surface area contributed by atoms with Gasteiger partial charge in [0, 0.05) is 35.8 Å². The Morgan fingerprint density at radius 3 is 2.79 bits per heavy atom. The lowest BCUT2D eigenvalue weighted by molar-refractivity contribution is -0.111. The van der Waals surface area contributed by atoms with Crippen LogP contribution < -0.4 is 5.32 Å². The number of aromatic nitrogens is 1. The molecule has 8 heteroatoms.